The van der Waals surface area contributed by atoms with E-state index in [1.165, 1.54) is 11.9 Å². The van der Waals surface area contributed by atoms with Gasteiger partial charge in [-0.3, -0.25) is 24.0 Å². The monoisotopic (exact) mass is 518 g/mol. The highest BCUT2D eigenvalue weighted by molar-refractivity contribution is 8.76. The van der Waals surface area contributed by atoms with Crippen LogP contribution in [0.4, 0.5) is 0 Å². The Morgan fingerprint density at radius 3 is 2.09 bits per heavy atom. The molecule has 3 N–H and O–H groups in total. The number of hydrogen-bond donors (Lipinski definition) is 3. The van der Waals surface area contributed by atoms with Crippen molar-refractivity contribution < 1.29 is 24.0 Å². The third kappa shape index (κ3) is 15.2. The molecule has 0 saturated heterocycles. The van der Waals surface area contributed by atoms with E-state index in [1.54, 1.807) is 42.4 Å². The fraction of sp³-hybridized carbons (Fsp3) is 0.783. The SMILES string of the molecule is CC(CNC(=O)C(C)C)SSCCCC(=O)NCCC(=O)N(C)CC(=O)N[C@@H](C)C(=O)C(C)C. The Morgan fingerprint density at radius 2 is 1.50 bits per heavy atom. The molecule has 196 valence electrons. The molecule has 0 aliphatic heterocycles. The summed E-state index contributed by atoms with van der Waals surface area (Å²) in [6, 6.07) is -0.596. The molecule has 0 aromatic carbocycles. The van der Waals surface area contributed by atoms with Gasteiger partial charge in [-0.2, -0.15) is 0 Å². The number of likely N-dealkylation sites (N-methyl/N-ethyl adjacent to an activating group) is 1. The third-order valence-corrected chi connectivity index (χ3v) is 7.77. The van der Waals surface area contributed by atoms with Gasteiger partial charge in [0, 0.05) is 55.8 Å². The molecule has 0 saturated carbocycles. The first kappa shape index (κ1) is 32.2. The van der Waals surface area contributed by atoms with Crippen LogP contribution in [-0.2, 0) is 24.0 Å². The van der Waals surface area contributed by atoms with Gasteiger partial charge in [0.1, 0.15) is 0 Å². The number of amides is 4. The van der Waals surface area contributed by atoms with Crippen molar-refractivity contribution in [1.82, 2.24) is 20.9 Å². The maximum absolute atomic E-state index is 12.2. The second-order valence-electron chi connectivity index (χ2n) is 8.93. The van der Waals surface area contributed by atoms with E-state index in [0.717, 1.165) is 12.2 Å². The minimum Gasteiger partial charge on any atom is -0.356 e. The molecule has 0 aromatic rings. The predicted octanol–water partition coefficient (Wildman–Crippen LogP) is 2.00. The molecule has 0 fully saturated rings. The maximum Gasteiger partial charge on any atom is 0.240 e. The zero-order chi connectivity index (χ0) is 26.3. The number of nitrogens with zero attached hydrogens (tertiary/aromatic N) is 1. The highest BCUT2D eigenvalue weighted by Gasteiger charge is 2.20. The molecule has 4 amide bonds. The van der Waals surface area contributed by atoms with Crippen LogP contribution in [0.25, 0.3) is 0 Å². The molecular weight excluding hydrogens is 476 g/mol. The van der Waals surface area contributed by atoms with Crippen LogP contribution in [0.5, 0.6) is 0 Å². The molecule has 2 atom stereocenters. The van der Waals surface area contributed by atoms with Crippen LogP contribution in [0.15, 0.2) is 0 Å². The zero-order valence-corrected chi connectivity index (χ0v) is 23.2. The summed E-state index contributed by atoms with van der Waals surface area (Å²) in [4.78, 5) is 60.9. The molecule has 0 heterocycles. The van der Waals surface area contributed by atoms with Gasteiger partial charge in [-0.1, -0.05) is 56.2 Å². The second-order valence-corrected chi connectivity index (χ2v) is 11.9. The molecule has 11 heteroatoms. The number of ketones is 1. The second kappa shape index (κ2) is 17.7. The fourth-order valence-corrected chi connectivity index (χ4v) is 4.97. The van der Waals surface area contributed by atoms with Crippen molar-refractivity contribution >= 4 is 51.0 Å². The lowest BCUT2D eigenvalue weighted by molar-refractivity contribution is -0.135. The molecule has 0 bridgehead atoms. The number of carbonyl (C=O) groups excluding carboxylic acids is 5. The fourth-order valence-electron chi connectivity index (χ4n) is 2.69. The zero-order valence-electron chi connectivity index (χ0n) is 21.6. The van der Waals surface area contributed by atoms with Crippen molar-refractivity contribution in [1.29, 1.82) is 0 Å². The van der Waals surface area contributed by atoms with Crippen molar-refractivity contribution in [2.24, 2.45) is 11.8 Å². The Bertz CT molecular complexity index is 688. The van der Waals surface area contributed by atoms with Crippen LogP contribution in [0.1, 0.15) is 60.8 Å². The molecule has 9 nitrogen and oxygen atoms in total. The summed E-state index contributed by atoms with van der Waals surface area (Å²) < 4.78 is 0. The first-order chi connectivity index (χ1) is 15.8. The quantitative estimate of drug-likeness (QED) is 0.199. The normalized spacial score (nSPS) is 12.7. The van der Waals surface area contributed by atoms with Gasteiger partial charge in [0.2, 0.25) is 23.6 Å². The molecule has 1 unspecified atom stereocenters. The van der Waals surface area contributed by atoms with Gasteiger partial charge in [0.15, 0.2) is 5.78 Å². The summed E-state index contributed by atoms with van der Waals surface area (Å²) in [5.74, 6) is -0.165. The lowest BCUT2D eigenvalue weighted by Gasteiger charge is -2.19. The van der Waals surface area contributed by atoms with E-state index < -0.39 is 11.9 Å². The molecule has 0 radical (unpaired) electrons. The number of nitrogens with one attached hydrogen (secondary N) is 3. The third-order valence-electron chi connectivity index (χ3n) is 4.79. The van der Waals surface area contributed by atoms with Gasteiger partial charge in [-0.05, 0) is 13.3 Å². The van der Waals surface area contributed by atoms with Crippen LogP contribution in [0.3, 0.4) is 0 Å². The summed E-state index contributed by atoms with van der Waals surface area (Å²) in [6.07, 6.45) is 1.19. The summed E-state index contributed by atoms with van der Waals surface area (Å²) in [7, 11) is 4.88. The smallest absolute Gasteiger partial charge is 0.240 e. The molecule has 34 heavy (non-hydrogen) atoms. The van der Waals surface area contributed by atoms with Gasteiger partial charge in [0.25, 0.3) is 0 Å². The average Bonchev–Trinajstić information content (AvgIpc) is 2.75. The number of rotatable bonds is 17. The highest BCUT2D eigenvalue weighted by atomic mass is 33.1. The van der Waals surface area contributed by atoms with E-state index in [0.29, 0.717) is 13.0 Å². The highest BCUT2D eigenvalue weighted by Crippen LogP contribution is 2.27. The standard InChI is InChI=1S/C23H42N4O5S2/c1-15(2)22(31)18(6)26-20(29)14-27(7)21(30)10-11-24-19(28)9-8-12-33-34-17(5)13-25-23(32)16(3)4/h15-18H,8-14H2,1-7H3,(H,24,28)(H,25,32)(H,26,29)/t17?,18-/m0/s1. The largest absolute Gasteiger partial charge is 0.356 e. The Labute approximate surface area is 212 Å². The van der Waals surface area contributed by atoms with Crippen molar-refractivity contribution in [3.8, 4) is 0 Å². The van der Waals surface area contributed by atoms with Crippen LogP contribution in [0.2, 0.25) is 0 Å². The maximum atomic E-state index is 12.2. The van der Waals surface area contributed by atoms with Crippen molar-refractivity contribution in [2.75, 3.05) is 32.4 Å². The van der Waals surface area contributed by atoms with E-state index >= 15 is 0 Å². The van der Waals surface area contributed by atoms with Crippen LogP contribution in [0, 0.1) is 11.8 Å². The van der Waals surface area contributed by atoms with Crippen LogP contribution in [-0.4, -0.2) is 78.0 Å². The number of hydrogen-bond acceptors (Lipinski definition) is 7. The lowest BCUT2D eigenvalue weighted by Crippen LogP contribution is -2.45. The van der Waals surface area contributed by atoms with E-state index in [-0.39, 0.29) is 60.1 Å². The molecule has 0 aromatic heterocycles. The van der Waals surface area contributed by atoms with Crippen molar-refractivity contribution in [2.45, 2.75) is 72.1 Å². The average molecular weight is 519 g/mol. The molecular formula is C23H42N4O5S2. The minimum absolute atomic E-state index is 0.0196. The van der Waals surface area contributed by atoms with E-state index in [4.69, 9.17) is 0 Å². The van der Waals surface area contributed by atoms with E-state index in [1.807, 2.05) is 13.8 Å². The molecule has 0 spiro atoms. The first-order valence-corrected chi connectivity index (χ1v) is 14.1. The Hall–Kier alpha value is -1.75. The van der Waals surface area contributed by atoms with Crippen LogP contribution >= 0.6 is 21.6 Å². The summed E-state index contributed by atoms with van der Waals surface area (Å²) in [5, 5.41) is 8.52. The molecule has 0 aliphatic carbocycles. The van der Waals surface area contributed by atoms with Gasteiger partial charge in [0.05, 0.1) is 12.6 Å². The number of carbonyl (C=O) groups is 5. The Balaban J connectivity index is 3.93. The van der Waals surface area contributed by atoms with Gasteiger partial charge in [-0.25, -0.2) is 0 Å². The van der Waals surface area contributed by atoms with Gasteiger partial charge < -0.3 is 20.9 Å². The lowest BCUT2D eigenvalue weighted by atomic mass is 10.0. The van der Waals surface area contributed by atoms with Gasteiger partial charge in [-0.15, -0.1) is 0 Å². The number of Topliss-reactive ketones (excluding diaryl/α,β-unsaturated/α-hetero) is 1. The summed E-state index contributed by atoms with van der Waals surface area (Å²) in [6.45, 7) is 11.6. The van der Waals surface area contributed by atoms with E-state index in [9.17, 15) is 24.0 Å². The summed E-state index contributed by atoms with van der Waals surface area (Å²) >= 11 is 0. The van der Waals surface area contributed by atoms with E-state index in [2.05, 4.69) is 22.9 Å². The van der Waals surface area contributed by atoms with Crippen molar-refractivity contribution in [3.63, 3.8) is 0 Å². The van der Waals surface area contributed by atoms with Crippen molar-refractivity contribution in [3.05, 3.63) is 0 Å². The molecule has 0 rings (SSSR count). The minimum atomic E-state index is -0.596. The van der Waals surface area contributed by atoms with Gasteiger partial charge >= 0.3 is 0 Å². The Morgan fingerprint density at radius 1 is 0.853 bits per heavy atom. The predicted molar refractivity (Wildman–Crippen MR) is 139 cm³/mol. The molecule has 0 aliphatic rings. The van der Waals surface area contributed by atoms with Crippen LogP contribution < -0.4 is 16.0 Å². The Kier molecular flexibility index (Phi) is 16.7. The topological polar surface area (TPSA) is 125 Å². The first-order valence-electron chi connectivity index (χ1n) is 11.7. The summed E-state index contributed by atoms with van der Waals surface area (Å²) in [5.41, 5.74) is 0.